The molecule has 2 rings (SSSR count). The summed E-state index contributed by atoms with van der Waals surface area (Å²) in [5, 5.41) is 2.42. The predicted molar refractivity (Wildman–Crippen MR) is 125 cm³/mol. The van der Waals surface area contributed by atoms with Crippen molar-refractivity contribution in [1.29, 1.82) is 0 Å². The number of carbonyl (C=O) groups excluding carboxylic acids is 3. The minimum Gasteiger partial charge on any atom is -0.453 e. The molecular weight excluding hydrogens is 444 g/mol. The molecule has 0 bridgehead atoms. The van der Waals surface area contributed by atoms with E-state index in [-0.39, 0.29) is 16.2 Å². The van der Waals surface area contributed by atoms with Gasteiger partial charge in [0.05, 0.1) is 4.90 Å². The van der Waals surface area contributed by atoms with Crippen molar-refractivity contribution in [3.63, 3.8) is 0 Å². The van der Waals surface area contributed by atoms with E-state index in [1.165, 1.54) is 35.5 Å². The number of sulfonamides is 1. The van der Waals surface area contributed by atoms with Crippen LogP contribution in [0, 0.1) is 13.8 Å². The maximum absolute atomic E-state index is 12.5. The highest BCUT2D eigenvalue weighted by atomic mass is 32.2. The van der Waals surface area contributed by atoms with Crippen LogP contribution >= 0.6 is 0 Å². The monoisotopic (exact) mass is 474 g/mol. The highest BCUT2D eigenvalue weighted by molar-refractivity contribution is 7.89. The summed E-state index contributed by atoms with van der Waals surface area (Å²) in [4.78, 5) is 37.0. The van der Waals surface area contributed by atoms with Gasteiger partial charge in [-0.1, -0.05) is 26.0 Å². The maximum atomic E-state index is 12.5. The Morgan fingerprint density at radius 1 is 0.939 bits per heavy atom. The van der Waals surface area contributed by atoms with E-state index >= 15 is 0 Å². The van der Waals surface area contributed by atoms with Crippen molar-refractivity contribution in [3.8, 4) is 0 Å². The Hall–Kier alpha value is -3.04. The van der Waals surface area contributed by atoms with Crippen LogP contribution in [-0.2, 0) is 19.6 Å². The molecule has 8 nitrogen and oxygen atoms in total. The zero-order valence-electron chi connectivity index (χ0n) is 19.5. The lowest BCUT2D eigenvalue weighted by Gasteiger charge is -2.18. The molecular formula is C24H30N2O6S. The van der Waals surface area contributed by atoms with Gasteiger partial charge in [-0.15, -0.1) is 0 Å². The van der Waals surface area contributed by atoms with Gasteiger partial charge in [0.25, 0.3) is 5.91 Å². The number of nitrogens with zero attached hydrogens (tertiary/aromatic N) is 1. The third-order valence-electron chi connectivity index (χ3n) is 5.32. The van der Waals surface area contributed by atoms with Gasteiger partial charge in [-0.25, -0.2) is 8.42 Å². The molecule has 0 radical (unpaired) electrons. The number of carbonyl (C=O) groups is 3. The third kappa shape index (κ3) is 6.49. The average molecular weight is 475 g/mol. The van der Waals surface area contributed by atoms with Gasteiger partial charge in [-0.2, -0.15) is 4.31 Å². The van der Waals surface area contributed by atoms with Gasteiger partial charge in [0.1, 0.15) is 6.54 Å². The average Bonchev–Trinajstić information content (AvgIpc) is 2.79. The Kier molecular flexibility index (Phi) is 8.90. The van der Waals surface area contributed by atoms with Crippen LogP contribution in [0.4, 0.5) is 0 Å². The number of rotatable bonds is 10. The van der Waals surface area contributed by atoms with Gasteiger partial charge in [-0.3, -0.25) is 14.4 Å². The summed E-state index contributed by atoms with van der Waals surface area (Å²) in [7, 11) is -3.62. The third-order valence-corrected chi connectivity index (χ3v) is 7.39. The van der Waals surface area contributed by atoms with Crippen LogP contribution in [0.15, 0.2) is 47.4 Å². The number of ketones is 1. The van der Waals surface area contributed by atoms with Crippen molar-refractivity contribution in [3.05, 3.63) is 64.7 Å². The van der Waals surface area contributed by atoms with E-state index in [0.717, 1.165) is 11.1 Å². The molecule has 1 atom stereocenters. The molecule has 178 valence electrons. The summed E-state index contributed by atoms with van der Waals surface area (Å²) in [6, 6.07) is 10.7. The fraction of sp³-hybridized carbons (Fsp3) is 0.375. The van der Waals surface area contributed by atoms with Gasteiger partial charge in [0.2, 0.25) is 15.8 Å². The Balaban J connectivity index is 1.94. The Bertz CT molecular complexity index is 1120. The molecule has 1 unspecified atom stereocenters. The quantitative estimate of drug-likeness (QED) is 0.419. The van der Waals surface area contributed by atoms with Crippen molar-refractivity contribution in [1.82, 2.24) is 9.62 Å². The van der Waals surface area contributed by atoms with Gasteiger partial charge < -0.3 is 10.1 Å². The number of Topliss-reactive ketones (excluding diaryl/α,β-unsaturated/α-hetero) is 1. The van der Waals surface area contributed by atoms with Gasteiger partial charge in [0, 0.05) is 24.2 Å². The second-order valence-electron chi connectivity index (χ2n) is 7.59. The van der Waals surface area contributed by atoms with Crippen LogP contribution in [0.1, 0.15) is 52.6 Å². The molecule has 9 heteroatoms. The standard InChI is InChI=1S/C24H30N2O6S/c1-6-26(7-2)33(30,31)21-12-10-19(11-13-21)24(29)25-15-22(27)32-18(5)23(28)20-9-8-16(3)17(4)14-20/h8-14,18H,6-7,15H2,1-5H3,(H,25,29). The molecule has 33 heavy (non-hydrogen) atoms. The van der Waals surface area contributed by atoms with Crippen molar-refractivity contribution in [2.75, 3.05) is 19.6 Å². The van der Waals surface area contributed by atoms with E-state index in [9.17, 15) is 22.8 Å². The first-order chi connectivity index (χ1) is 15.5. The SMILES string of the molecule is CCN(CC)S(=O)(=O)c1ccc(C(=O)NCC(=O)OC(C)C(=O)c2ccc(C)c(C)c2)cc1. The molecule has 2 aromatic carbocycles. The fourth-order valence-electron chi connectivity index (χ4n) is 3.17. The molecule has 0 saturated heterocycles. The Morgan fingerprint density at radius 2 is 1.52 bits per heavy atom. The van der Waals surface area contributed by atoms with Crippen molar-refractivity contribution in [2.24, 2.45) is 0 Å². The number of ether oxygens (including phenoxy) is 1. The molecule has 0 aliphatic rings. The van der Waals surface area contributed by atoms with Crippen molar-refractivity contribution < 1.29 is 27.5 Å². The molecule has 0 aliphatic heterocycles. The summed E-state index contributed by atoms with van der Waals surface area (Å²) in [5.41, 5.74) is 2.66. The van der Waals surface area contributed by atoms with Crippen LogP contribution < -0.4 is 5.32 Å². The number of aryl methyl sites for hydroxylation is 2. The van der Waals surface area contributed by atoms with Crippen LogP contribution in [0.3, 0.4) is 0 Å². The zero-order chi connectivity index (χ0) is 24.8. The minimum atomic E-state index is -3.62. The molecule has 0 aliphatic carbocycles. The molecule has 0 aromatic heterocycles. The normalized spacial score (nSPS) is 12.3. The lowest BCUT2D eigenvalue weighted by atomic mass is 10.0. The zero-order valence-corrected chi connectivity index (χ0v) is 20.4. The molecule has 1 amide bonds. The second-order valence-corrected chi connectivity index (χ2v) is 9.53. The molecule has 2 aromatic rings. The van der Waals surface area contributed by atoms with E-state index in [1.54, 1.807) is 26.0 Å². The number of benzene rings is 2. The lowest BCUT2D eigenvalue weighted by molar-refractivity contribution is -0.145. The first kappa shape index (κ1) is 26.2. The Labute approximate surface area is 195 Å². The number of esters is 1. The largest absolute Gasteiger partial charge is 0.453 e. The topological polar surface area (TPSA) is 110 Å². The number of amides is 1. The van der Waals surface area contributed by atoms with Gasteiger partial charge >= 0.3 is 5.97 Å². The number of hydrogen-bond acceptors (Lipinski definition) is 6. The molecule has 0 fully saturated rings. The van der Waals surface area contributed by atoms with Gasteiger partial charge in [0.15, 0.2) is 6.10 Å². The van der Waals surface area contributed by atoms with Crippen LogP contribution in [0.5, 0.6) is 0 Å². The van der Waals surface area contributed by atoms with E-state index in [4.69, 9.17) is 4.74 Å². The summed E-state index contributed by atoms with van der Waals surface area (Å²) < 4.78 is 31.5. The number of nitrogens with one attached hydrogen (secondary N) is 1. The predicted octanol–water partition coefficient (Wildman–Crippen LogP) is 2.88. The van der Waals surface area contributed by atoms with E-state index in [0.29, 0.717) is 18.7 Å². The van der Waals surface area contributed by atoms with E-state index < -0.39 is 34.5 Å². The summed E-state index contributed by atoms with van der Waals surface area (Å²) in [6.45, 7) is 9.06. The van der Waals surface area contributed by atoms with E-state index in [1.807, 2.05) is 19.9 Å². The molecule has 1 N–H and O–H groups in total. The minimum absolute atomic E-state index is 0.0841. The smallest absolute Gasteiger partial charge is 0.326 e. The maximum Gasteiger partial charge on any atom is 0.326 e. The highest BCUT2D eigenvalue weighted by Gasteiger charge is 2.22. The van der Waals surface area contributed by atoms with Gasteiger partial charge in [-0.05, 0) is 62.2 Å². The van der Waals surface area contributed by atoms with Crippen molar-refractivity contribution in [2.45, 2.75) is 45.6 Å². The molecule has 0 saturated carbocycles. The van der Waals surface area contributed by atoms with Crippen molar-refractivity contribution >= 4 is 27.7 Å². The first-order valence-corrected chi connectivity index (χ1v) is 12.1. The molecule has 0 spiro atoms. The second kappa shape index (κ2) is 11.2. The Morgan fingerprint density at radius 3 is 2.06 bits per heavy atom. The summed E-state index contributed by atoms with van der Waals surface area (Å²) in [6.07, 6.45) is -0.999. The number of hydrogen-bond donors (Lipinski definition) is 1. The summed E-state index contributed by atoms with van der Waals surface area (Å²) >= 11 is 0. The van der Waals surface area contributed by atoms with Crippen LogP contribution in [0.25, 0.3) is 0 Å². The van der Waals surface area contributed by atoms with E-state index in [2.05, 4.69) is 5.32 Å². The molecule has 0 heterocycles. The summed E-state index contributed by atoms with van der Waals surface area (Å²) in [5.74, 6) is -1.65. The highest BCUT2D eigenvalue weighted by Crippen LogP contribution is 2.16. The lowest BCUT2D eigenvalue weighted by Crippen LogP contribution is -2.34. The fourth-order valence-corrected chi connectivity index (χ4v) is 4.63. The van der Waals surface area contributed by atoms with Crippen LogP contribution in [0.2, 0.25) is 0 Å². The van der Waals surface area contributed by atoms with Crippen LogP contribution in [-0.4, -0.2) is 56.1 Å². The first-order valence-electron chi connectivity index (χ1n) is 10.7.